The number of ether oxygens (including phenoxy) is 1. The molecular formula is C18H22FNO. The molecule has 0 amide bonds. The van der Waals surface area contributed by atoms with Gasteiger partial charge in [-0.05, 0) is 56.1 Å². The molecule has 21 heavy (non-hydrogen) atoms. The Bertz CT molecular complexity index is 625. The summed E-state index contributed by atoms with van der Waals surface area (Å²) < 4.78 is 18.8. The standard InChI is InChI=1S/C18H22FNO/c1-12-5-6-13(2)15(9-12)17(20-3)11-14-7-8-18(21-4)16(19)10-14/h5-10,17,20H,11H2,1-4H3. The van der Waals surface area contributed by atoms with E-state index in [4.69, 9.17) is 4.74 Å². The normalized spacial score (nSPS) is 12.2. The van der Waals surface area contributed by atoms with Crippen molar-refractivity contribution in [3.05, 3.63) is 64.5 Å². The largest absolute Gasteiger partial charge is 0.494 e. The van der Waals surface area contributed by atoms with E-state index in [2.05, 4.69) is 37.4 Å². The Labute approximate surface area is 126 Å². The van der Waals surface area contributed by atoms with Crippen LogP contribution in [0.1, 0.15) is 28.3 Å². The number of likely N-dealkylation sites (N-methyl/N-ethyl adjacent to an activating group) is 1. The van der Waals surface area contributed by atoms with Crippen LogP contribution in [0.15, 0.2) is 36.4 Å². The van der Waals surface area contributed by atoms with Crippen molar-refractivity contribution in [2.45, 2.75) is 26.3 Å². The molecule has 3 heteroatoms. The van der Waals surface area contributed by atoms with Crippen LogP contribution in [0.3, 0.4) is 0 Å². The van der Waals surface area contributed by atoms with Gasteiger partial charge in [-0.25, -0.2) is 4.39 Å². The molecule has 0 saturated carbocycles. The van der Waals surface area contributed by atoms with E-state index in [9.17, 15) is 4.39 Å². The van der Waals surface area contributed by atoms with Crippen LogP contribution in [0, 0.1) is 19.7 Å². The van der Waals surface area contributed by atoms with Crippen LogP contribution >= 0.6 is 0 Å². The number of methoxy groups -OCH3 is 1. The highest BCUT2D eigenvalue weighted by atomic mass is 19.1. The third-order valence-corrected chi connectivity index (χ3v) is 3.81. The van der Waals surface area contributed by atoms with Crippen LogP contribution < -0.4 is 10.1 Å². The van der Waals surface area contributed by atoms with Gasteiger partial charge in [0.2, 0.25) is 0 Å². The van der Waals surface area contributed by atoms with E-state index in [1.54, 1.807) is 12.1 Å². The number of hydrogen-bond donors (Lipinski definition) is 1. The molecule has 0 fully saturated rings. The SMILES string of the molecule is CNC(Cc1ccc(OC)c(F)c1)c1cc(C)ccc1C. The first-order valence-corrected chi connectivity index (χ1v) is 7.12. The van der Waals surface area contributed by atoms with Gasteiger partial charge in [-0.15, -0.1) is 0 Å². The van der Waals surface area contributed by atoms with Gasteiger partial charge in [-0.1, -0.05) is 29.8 Å². The summed E-state index contributed by atoms with van der Waals surface area (Å²) in [7, 11) is 3.41. The Morgan fingerprint density at radius 1 is 1.14 bits per heavy atom. The molecule has 112 valence electrons. The van der Waals surface area contributed by atoms with Crippen molar-refractivity contribution in [2.75, 3.05) is 14.2 Å². The summed E-state index contributed by atoms with van der Waals surface area (Å²) in [6.45, 7) is 4.19. The maximum Gasteiger partial charge on any atom is 0.165 e. The molecule has 0 heterocycles. The van der Waals surface area contributed by atoms with Crippen LogP contribution in [0.4, 0.5) is 4.39 Å². The molecule has 0 aliphatic heterocycles. The first-order chi connectivity index (χ1) is 10.0. The molecule has 1 unspecified atom stereocenters. The molecule has 0 radical (unpaired) electrons. The quantitative estimate of drug-likeness (QED) is 0.899. The van der Waals surface area contributed by atoms with Crippen molar-refractivity contribution in [2.24, 2.45) is 0 Å². The minimum Gasteiger partial charge on any atom is -0.494 e. The van der Waals surface area contributed by atoms with Gasteiger partial charge in [0.05, 0.1) is 7.11 Å². The minimum absolute atomic E-state index is 0.165. The lowest BCUT2D eigenvalue weighted by atomic mass is 9.94. The average molecular weight is 287 g/mol. The highest BCUT2D eigenvalue weighted by Crippen LogP contribution is 2.25. The molecular weight excluding hydrogens is 265 g/mol. The predicted molar refractivity (Wildman–Crippen MR) is 84.4 cm³/mol. The van der Waals surface area contributed by atoms with E-state index in [1.807, 2.05) is 13.1 Å². The molecule has 0 spiro atoms. The lowest BCUT2D eigenvalue weighted by Gasteiger charge is -2.20. The molecule has 1 atom stereocenters. The van der Waals surface area contributed by atoms with Gasteiger partial charge in [-0.3, -0.25) is 0 Å². The van der Waals surface area contributed by atoms with Gasteiger partial charge in [0, 0.05) is 6.04 Å². The zero-order valence-electron chi connectivity index (χ0n) is 13.0. The second kappa shape index (κ2) is 6.72. The summed E-state index contributed by atoms with van der Waals surface area (Å²) in [6.07, 6.45) is 0.738. The number of halogens is 1. The Morgan fingerprint density at radius 3 is 2.52 bits per heavy atom. The molecule has 2 aromatic carbocycles. The second-order valence-electron chi connectivity index (χ2n) is 5.37. The molecule has 1 N–H and O–H groups in total. The maximum atomic E-state index is 13.8. The van der Waals surface area contributed by atoms with Crippen molar-refractivity contribution in [1.82, 2.24) is 5.32 Å². The van der Waals surface area contributed by atoms with E-state index in [-0.39, 0.29) is 17.6 Å². The summed E-state index contributed by atoms with van der Waals surface area (Å²) in [4.78, 5) is 0. The number of rotatable bonds is 5. The summed E-state index contributed by atoms with van der Waals surface area (Å²) in [5, 5.41) is 3.33. The Balaban J connectivity index is 2.26. The van der Waals surface area contributed by atoms with Crippen LogP contribution in [0.5, 0.6) is 5.75 Å². The highest BCUT2D eigenvalue weighted by molar-refractivity contribution is 5.35. The third-order valence-electron chi connectivity index (χ3n) is 3.81. The zero-order chi connectivity index (χ0) is 15.4. The van der Waals surface area contributed by atoms with Crippen molar-refractivity contribution < 1.29 is 9.13 Å². The monoisotopic (exact) mass is 287 g/mol. The smallest absolute Gasteiger partial charge is 0.165 e. The van der Waals surface area contributed by atoms with E-state index >= 15 is 0 Å². The van der Waals surface area contributed by atoms with E-state index < -0.39 is 0 Å². The predicted octanol–water partition coefficient (Wildman–Crippen LogP) is 3.95. The minimum atomic E-state index is -0.314. The van der Waals surface area contributed by atoms with Crippen molar-refractivity contribution in [1.29, 1.82) is 0 Å². The summed E-state index contributed by atoms with van der Waals surface area (Å²) in [5.41, 5.74) is 4.69. The van der Waals surface area contributed by atoms with Gasteiger partial charge in [-0.2, -0.15) is 0 Å². The fourth-order valence-corrected chi connectivity index (χ4v) is 2.58. The summed E-state index contributed by atoms with van der Waals surface area (Å²) >= 11 is 0. The van der Waals surface area contributed by atoms with Crippen molar-refractivity contribution >= 4 is 0 Å². The van der Waals surface area contributed by atoms with Gasteiger partial charge in [0.1, 0.15) is 0 Å². The second-order valence-corrected chi connectivity index (χ2v) is 5.37. The summed E-state index contributed by atoms with van der Waals surface area (Å²) in [5.74, 6) is -0.0303. The molecule has 0 saturated heterocycles. The third kappa shape index (κ3) is 3.61. The fourth-order valence-electron chi connectivity index (χ4n) is 2.58. The van der Waals surface area contributed by atoms with Crippen LogP contribution in [-0.4, -0.2) is 14.2 Å². The molecule has 0 aliphatic rings. The molecule has 2 aromatic rings. The lowest BCUT2D eigenvalue weighted by Crippen LogP contribution is -2.20. The van der Waals surface area contributed by atoms with E-state index in [0.717, 1.165) is 12.0 Å². The topological polar surface area (TPSA) is 21.3 Å². The van der Waals surface area contributed by atoms with Gasteiger partial charge >= 0.3 is 0 Å². The maximum absolute atomic E-state index is 13.8. The van der Waals surface area contributed by atoms with Crippen LogP contribution in [-0.2, 0) is 6.42 Å². The van der Waals surface area contributed by atoms with Gasteiger partial charge in [0.15, 0.2) is 11.6 Å². The molecule has 2 rings (SSSR count). The van der Waals surface area contributed by atoms with Crippen LogP contribution in [0.25, 0.3) is 0 Å². The number of nitrogens with one attached hydrogen (secondary N) is 1. The number of aryl methyl sites for hydroxylation is 2. The first kappa shape index (κ1) is 15.5. The number of benzene rings is 2. The first-order valence-electron chi connectivity index (χ1n) is 7.12. The molecule has 0 bridgehead atoms. The van der Waals surface area contributed by atoms with Gasteiger partial charge < -0.3 is 10.1 Å². The average Bonchev–Trinajstić information content (AvgIpc) is 2.47. The van der Waals surface area contributed by atoms with E-state index in [1.165, 1.54) is 23.8 Å². The summed E-state index contributed by atoms with van der Waals surface area (Å²) in [6, 6.07) is 11.7. The zero-order valence-corrected chi connectivity index (χ0v) is 13.0. The fraction of sp³-hybridized carbons (Fsp3) is 0.333. The molecule has 0 aromatic heterocycles. The highest BCUT2D eigenvalue weighted by Gasteiger charge is 2.14. The van der Waals surface area contributed by atoms with Crippen molar-refractivity contribution in [3.8, 4) is 5.75 Å². The lowest BCUT2D eigenvalue weighted by molar-refractivity contribution is 0.386. The Kier molecular flexibility index (Phi) is 4.97. The van der Waals surface area contributed by atoms with E-state index in [0.29, 0.717) is 0 Å². The molecule has 2 nitrogen and oxygen atoms in total. The number of hydrogen-bond acceptors (Lipinski definition) is 2. The Morgan fingerprint density at radius 2 is 1.90 bits per heavy atom. The van der Waals surface area contributed by atoms with Crippen molar-refractivity contribution in [3.63, 3.8) is 0 Å². The molecule has 0 aliphatic carbocycles. The van der Waals surface area contributed by atoms with Gasteiger partial charge in [0.25, 0.3) is 0 Å². The van der Waals surface area contributed by atoms with Crippen LogP contribution in [0.2, 0.25) is 0 Å². The Hall–Kier alpha value is -1.87.